The molecule has 0 spiro atoms. The molecule has 1 aromatic heterocycles. The number of nitrogens with zero attached hydrogens (tertiary/aromatic N) is 3. The van der Waals surface area contributed by atoms with Crippen LogP contribution in [-0.2, 0) is 13.5 Å². The van der Waals surface area contributed by atoms with Crippen LogP contribution in [0, 0.1) is 0 Å². The van der Waals surface area contributed by atoms with E-state index in [0.717, 1.165) is 19.0 Å². The van der Waals surface area contributed by atoms with E-state index in [1.165, 1.54) is 43.6 Å². The van der Waals surface area contributed by atoms with Crippen LogP contribution in [-0.4, -0.2) is 35.0 Å². The summed E-state index contributed by atoms with van der Waals surface area (Å²) in [5, 5.41) is 8.33. The molecule has 2 heterocycles. The molecule has 1 atom stereocenters. The van der Waals surface area contributed by atoms with Crippen LogP contribution in [0.25, 0.3) is 0 Å². The predicted octanol–water partition coefficient (Wildman–Crippen LogP) is 1.70. The van der Waals surface area contributed by atoms with Crippen molar-refractivity contribution < 1.29 is 0 Å². The fourth-order valence-electron chi connectivity index (χ4n) is 2.95. The SMILES string of the molecule is CCc1nn(C)cc1N1CCCC(NC2CC2)C1. The van der Waals surface area contributed by atoms with Crippen LogP contribution in [0.2, 0.25) is 0 Å². The van der Waals surface area contributed by atoms with Gasteiger partial charge in [0, 0.05) is 38.4 Å². The largest absolute Gasteiger partial charge is 0.367 e. The lowest BCUT2D eigenvalue weighted by Gasteiger charge is -2.34. The van der Waals surface area contributed by atoms with Crippen LogP contribution in [0.15, 0.2) is 6.20 Å². The van der Waals surface area contributed by atoms with Crippen LogP contribution in [0.3, 0.4) is 0 Å². The van der Waals surface area contributed by atoms with E-state index in [9.17, 15) is 0 Å². The summed E-state index contributed by atoms with van der Waals surface area (Å²) in [7, 11) is 2.02. The first-order valence-electron chi connectivity index (χ1n) is 7.29. The first-order chi connectivity index (χ1) is 8.76. The number of aromatic nitrogens is 2. The number of anilines is 1. The Bertz CT molecular complexity index is 408. The first kappa shape index (κ1) is 12.0. The van der Waals surface area contributed by atoms with E-state index in [1.807, 2.05) is 11.7 Å². The van der Waals surface area contributed by atoms with Crippen molar-refractivity contribution in [2.24, 2.45) is 7.05 Å². The zero-order valence-electron chi connectivity index (χ0n) is 11.5. The fourth-order valence-corrected chi connectivity index (χ4v) is 2.95. The van der Waals surface area contributed by atoms with Crippen molar-refractivity contribution in [3.05, 3.63) is 11.9 Å². The van der Waals surface area contributed by atoms with Gasteiger partial charge in [-0.15, -0.1) is 0 Å². The van der Waals surface area contributed by atoms with E-state index in [4.69, 9.17) is 0 Å². The quantitative estimate of drug-likeness (QED) is 0.880. The topological polar surface area (TPSA) is 33.1 Å². The lowest BCUT2D eigenvalue weighted by molar-refractivity contribution is 0.420. The van der Waals surface area contributed by atoms with E-state index >= 15 is 0 Å². The molecule has 1 N–H and O–H groups in total. The summed E-state index contributed by atoms with van der Waals surface area (Å²) in [6, 6.07) is 1.49. The fraction of sp³-hybridized carbons (Fsp3) is 0.786. The zero-order chi connectivity index (χ0) is 12.5. The van der Waals surface area contributed by atoms with Gasteiger partial charge < -0.3 is 10.2 Å². The van der Waals surface area contributed by atoms with E-state index in [1.54, 1.807) is 0 Å². The van der Waals surface area contributed by atoms with Gasteiger partial charge in [0.15, 0.2) is 0 Å². The minimum Gasteiger partial charge on any atom is -0.367 e. The second-order valence-corrected chi connectivity index (χ2v) is 5.71. The molecule has 1 saturated heterocycles. The molecule has 2 fully saturated rings. The third-order valence-corrected chi connectivity index (χ3v) is 4.03. The molecule has 1 aliphatic carbocycles. The molecular formula is C14H24N4. The molecule has 4 heteroatoms. The lowest BCUT2D eigenvalue weighted by atomic mass is 10.0. The van der Waals surface area contributed by atoms with E-state index in [0.29, 0.717) is 6.04 Å². The van der Waals surface area contributed by atoms with Gasteiger partial charge in [-0.3, -0.25) is 4.68 Å². The summed E-state index contributed by atoms with van der Waals surface area (Å²) in [6.45, 7) is 4.52. The summed E-state index contributed by atoms with van der Waals surface area (Å²) < 4.78 is 1.95. The molecule has 4 nitrogen and oxygen atoms in total. The summed E-state index contributed by atoms with van der Waals surface area (Å²) in [5.74, 6) is 0. The number of hydrogen-bond acceptors (Lipinski definition) is 3. The van der Waals surface area contributed by atoms with Gasteiger partial charge >= 0.3 is 0 Å². The maximum absolute atomic E-state index is 4.56. The highest BCUT2D eigenvalue weighted by Crippen LogP contribution is 2.26. The number of piperidine rings is 1. The van der Waals surface area contributed by atoms with E-state index in [2.05, 4.69) is 28.4 Å². The Kier molecular flexibility index (Phi) is 3.29. The normalized spacial score (nSPS) is 24.6. The number of aryl methyl sites for hydroxylation is 2. The van der Waals surface area contributed by atoms with E-state index in [-0.39, 0.29) is 0 Å². The van der Waals surface area contributed by atoms with Crippen LogP contribution < -0.4 is 10.2 Å². The van der Waals surface area contributed by atoms with Crippen molar-refractivity contribution in [1.29, 1.82) is 0 Å². The third kappa shape index (κ3) is 2.53. The molecule has 18 heavy (non-hydrogen) atoms. The van der Waals surface area contributed by atoms with Gasteiger partial charge in [-0.25, -0.2) is 0 Å². The molecule has 100 valence electrons. The van der Waals surface area contributed by atoms with Crippen molar-refractivity contribution in [3.63, 3.8) is 0 Å². The van der Waals surface area contributed by atoms with Gasteiger partial charge in [-0.05, 0) is 32.1 Å². The highest BCUT2D eigenvalue weighted by molar-refractivity contribution is 5.50. The summed E-state index contributed by atoms with van der Waals surface area (Å²) in [4.78, 5) is 2.52. The van der Waals surface area contributed by atoms with Crippen molar-refractivity contribution >= 4 is 5.69 Å². The Balaban J connectivity index is 1.69. The lowest BCUT2D eigenvalue weighted by Crippen LogP contribution is -2.46. The molecule has 1 unspecified atom stereocenters. The van der Waals surface area contributed by atoms with Crippen molar-refractivity contribution in [2.75, 3.05) is 18.0 Å². The minimum absolute atomic E-state index is 0.677. The molecule has 2 aliphatic rings. The molecule has 3 rings (SSSR count). The Hall–Kier alpha value is -1.03. The number of rotatable bonds is 4. The maximum atomic E-state index is 4.56. The van der Waals surface area contributed by atoms with Crippen molar-refractivity contribution in [3.8, 4) is 0 Å². The smallest absolute Gasteiger partial charge is 0.0855 e. The average Bonchev–Trinajstić information content (AvgIpc) is 3.10. The molecule has 0 aromatic carbocycles. The Morgan fingerprint density at radius 3 is 2.89 bits per heavy atom. The molecular weight excluding hydrogens is 224 g/mol. The van der Waals surface area contributed by atoms with Gasteiger partial charge in [0.2, 0.25) is 0 Å². The van der Waals surface area contributed by atoms with Crippen LogP contribution in [0.1, 0.15) is 38.3 Å². The van der Waals surface area contributed by atoms with E-state index < -0.39 is 0 Å². The van der Waals surface area contributed by atoms with Crippen LogP contribution >= 0.6 is 0 Å². The predicted molar refractivity (Wildman–Crippen MR) is 74.0 cm³/mol. The molecule has 0 bridgehead atoms. The second kappa shape index (κ2) is 4.92. The van der Waals surface area contributed by atoms with Gasteiger partial charge in [-0.2, -0.15) is 5.10 Å². The molecule has 0 amide bonds. The molecule has 1 aliphatic heterocycles. The monoisotopic (exact) mass is 248 g/mol. The Labute approximate surface area is 109 Å². The van der Waals surface area contributed by atoms with Gasteiger partial charge in [0.1, 0.15) is 0 Å². The summed E-state index contributed by atoms with van der Waals surface area (Å²) in [5.41, 5.74) is 2.59. The van der Waals surface area contributed by atoms with Crippen molar-refractivity contribution in [2.45, 2.75) is 51.1 Å². The van der Waals surface area contributed by atoms with Crippen molar-refractivity contribution in [1.82, 2.24) is 15.1 Å². The summed E-state index contributed by atoms with van der Waals surface area (Å²) >= 11 is 0. The van der Waals surface area contributed by atoms with Crippen LogP contribution in [0.5, 0.6) is 0 Å². The zero-order valence-corrected chi connectivity index (χ0v) is 11.5. The highest BCUT2D eigenvalue weighted by Gasteiger charge is 2.28. The van der Waals surface area contributed by atoms with Gasteiger partial charge in [0.25, 0.3) is 0 Å². The Morgan fingerprint density at radius 2 is 2.17 bits per heavy atom. The number of hydrogen-bond donors (Lipinski definition) is 1. The first-order valence-corrected chi connectivity index (χ1v) is 7.29. The standard InChI is InChI=1S/C14H24N4/c1-3-13-14(10-17(2)16-13)18-8-4-5-12(9-18)15-11-6-7-11/h10-12,15H,3-9H2,1-2H3. The molecule has 1 saturated carbocycles. The maximum Gasteiger partial charge on any atom is 0.0855 e. The highest BCUT2D eigenvalue weighted by atomic mass is 15.3. The average molecular weight is 248 g/mol. The molecule has 0 radical (unpaired) electrons. The van der Waals surface area contributed by atoms with Gasteiger partial charge in [-0.1, -0.05) is 6.92 Å². The van der Waals surface area contributed by atoms with Crippen LogP contribution in [0.4, 0.5) is 5.69 Å². The summed E-state index contributed by atoms with van der Waals surface area (Å²) in [6.07, 6.45) is 8.58. The second-order valence-electron chi connectivity index (χ2n) is 5.71. The van der Waals surface area contributed by atoms with Gasteiger partial charge in [0.05, 0.1) is 11.4 Å². The third-order valence-electron chi connectivity index (χ3n) is 4.03. The minimum atomic E-state index is 0.677. The Morgan fingerprint density at radius 1 is 1.33 bits per heavy atom. The number of nitrogens with one attached hydrogen (secondary N) is 1. The molecule has 1 aromatic rings.